The summed E-state index contributed by atoms with van der Waals surface area (Å²) in [6, 6.07) is 0. The molecule has 0 fully saturated rings. The first kappa shape index (κ1) is 8.11. The monoisotopic (exact) mass is 139 g/mol. The van der Waals surface area contributed by atoms with Gasteiger partial charge < -0.3 is 4.52 Å². The zero-order valence-electron chi connectivity index (χ0n) is 4.93. The van der Waals surface area contributed by atoms with E-state index in [1.54, 1.807) is 6.92 Å². The highest BCUT2D eigenvalue weighted by molar-refractivity contribution is 7.33. The van der Waals surface area contributed by atoms with Crippen LogP contribution in [0.25, 0.3) is 0 Å². The van der Waals surface area contributed by atoms with E-state index in [0.717, 1.165) is 0 Å². The van der Waals surface area contributed by atoms with Gasteiger partial charge in [-0.3, -0.25) is 4.57 Å². The fourth-order valence-corrected chi connectivity index (χ4v) is 0.692. The summed E-state index contributed by atoms with van der Waals surface area (Å²) in [5.41, 5.74) is 2.26. The van der Waals surface area contributed by atoms with Crippen molar-refractivity contribution < 1.29 is 13.7 Å². The summed E-state index contributed by atoms with van der Waals surface area (Å²) >= 11 is 0. The molecule has 0 saturated carbocycles. The molecule has 5 heteroatoms. The molecule has 0 aromatic heterocycles. The first-order valence-corrected chi connectivity index (χ1v) is 3.54. The van der Waals surface area contributed by atoms with Crippen LogP contribution in [0.5, 0.6) is 0 Å². The van der Waals surface area contributed by atoms with Crippen molar-refractivity contribution in [1.82, 2.24) is 5.48 Å². The van der Waals surface area contributed by atoms with E-state index in [2.05, 4.69) is 14.6 Å². The minimum absolute atomic E-state index is 0.416. The van der Waals surface area contributed by atoms with Crippen LogP contribution in [-0.4, -0.2) is 13.7 Å². The minimum atomic E-state index is -2.25. The molecule has 0 aromatic carbocycles. The summed E-state index contributed by atoms with van der Waals surface area (Å²) in [6.07, 6.45) is 0. The standard InChI is InChI=1S/C3H10NO3P/c1-3-6-8(5)7-4-2/h4,8H,3H2,1-2H3. The molecular formula is C3H10NO3P. The van der Waals surface area contributed by atoms with Crippen molar-refractivity contribution in [1.29, 1.82) is 0 Å². The zero-order chi connectivity index (χ0) is 6.41. The molecule has 0 amide bonds. The van der Waals surface area contributed by atoms with Gasteiger partial charge in [0.15, 0.2) is 0 Å². The molecule has 0 aliphatic carbocycles. The van der Waals surface area contributed by atoms with Crippen LogP contribution in [-0.2, 0) is 13.7 Å². The predicted octanol–water partition coefficient (Wildman–Crippen LogP) is 0.564. The summed E-state index contributed by atoms with van der Waals surface area (Å²) in [7, 11) is -0.723. The van der Waals surface area contributed by atoms with Crippen LogP contribution in [0.2, 0.25) is 0 Å². The summed E-state index contributed by atoms with van der Waals surface area (Å²) in [6.45, 7) is 2.17. The van der Waals surface area contributed by atoms with Crippen LogP contribution in [0, 0.1) is 0 Å². The van der Waals surface area contributed by atoms with E-state index in [1.165, 1.54) is 7.05 Å². The summed E-state index contributed by atoms with van der Waals surface area (Å²) in [5, 5.41) is 0. The largest absolute Gasteiger partial charge is 0.335 e. The average Bonchev–Trinajstić information content (AvgIpc) is 1.68. The number of rotatable bonds is 4. The van der Waals surface area contributed by atoms with E-state index in [-0.39, 0.29) is 0 Å². The Hall–Kier alpha value is 0.110. The fraction of sp³-hybridized carbons (Fsp3) is 1.00. The van der Waals surface area contributed by atoms with Gasteiger partial charge in [0, 0.05) is 7.05 Å². The molecule has 0 radical (unpaired) electrons. The fourth-order valence-electron chi connectivity index (χ4n) is 0.231. The van der Waals surface area contributed by atoms with Crippen LogP contribution in [0.15, 0.2) is 0 Å². The third kappa shape index (κ3) is 4.27. The van der Waals surface area contributed by atoms with E-state index in [4.69, 9.17) is 0 Å². The predicted molar refractivity (Wildman–Crippen MR) is 30.8 cm³/mol. The molecular weight excluding hydrogens is 129 g/mol. The molecule has 0 saturated heterocycles. The Morgan fingerprint density at radius 2 is 2.38 bits per heavy atom. The lowest BCUT2D eigenvalue weighted by molar-refractivity contribution is 0.178. The molecule has 0 heterocycles. The molecule has 1 N–H and O–H groups in total. The highest BCUT2D eigenvalue weighted by atomic mass is 31.1. The van der Waals surface area contributed by atoms with Crippen molar-refractivity contribution in [3.63, 3.8) is 0 Å². The lowest BCUT2D eigenvalue weighted by atomic mass is 10.9. The minimum Gasteiger partial charge on any atom is -0.310 e. The zero-order valence-corrected chi connectivity index (χ0v) is 5.93. The summed E-state index contributed by atoms with van der Waals surface area (Å²) in [5.74, 6) is 0. The molecule has 4 nitrogen and oxygen atoms in total. The second-order valence-electron chi connectivity index (χ2n) is 0.989. The number of hydroxylamine groups is 1. The first-order valence-electron chi connectivity index (χ1n) is 2.31. The Kier molecular flexibility index (Phi) is 5.32. The maximum atomic E-state index is 10.3. The van der Waals surface area contributed by atoms with Gasteiger partial charge in [-0.2, -0.15) is 5.48 Å². The molecule has 1 atom stereocenters. The molecule has 8 heavy (non-hydrogen) atoms. The smallest absolute Gasteiger partial charge is 0.310 e. The first-order chi connectivity index (χ1) is 3.81. The molecule has 0 aliphatic heterocycles. The molecule has 0 rings (SSSR count). The Morgan fingerprint density at radius 3 is 2.75 bits per heavy atom. The lowest BCUT2D eigenvalue weighted by Crippen LogP contribution is -2.00. The van der Waals surface area contributed by atoms with Crippen molar-refractivity contribution in [2.75, 3.05) is 13.7 Å². The normalized spacial score (nSPS) is 13.8. The van der Waals surface area contributed by atoms with Crippen LogP contribution >= 0.6 is 8.25 Å². The number of hydrogen-bond acceptors (Lipinski definition) is 4. The van der Waals surface area contributed by atoms with E-state index < -0.39 is 8.25 Å². The van der Waals surface area contributed by atoms with Crippen molar-refractivity contribution in [3.05, 3.63) is 0 Å². The van der Waals surface area contributed by atoms with Gasteiger partial charge in [-0.05, 0) is 6.92 Å². The molecule has 0 aromatic rings. The van der Waals surface area contributed by atoms with Gasteiger partial charge in [-0.15, -0.1) is 0 Å². The molecule has 0 aliphatic rings. The van der Waals surface area contributed by atoms with Crippen molar-refractivity contribution in [2.45, 2.75) is 6.92 Å². The Morgan fingerprint density at radius 1 is 1.75 bits per heavy atom. The van der Waals surface area contributed by atoms with Crippen LogP contribution in [0.3, 0.4) is 0 Å². The van der Waals surface area contributed by atoms with Crippen LogP contribution in [0.1, 0.15) is 6.92 Å². The molecule has 0 bridgehead atoms. The topological polar surface area (TPSA) is 47.6 Å². The highest BCUT2D eigenvalue weighted by Crippen LogP contribution is 2.19. The lowest BCUT2D eigenvalue weighted by Gasteiger charge is -1.98. The van der Waals surface area contributed by atoms with Crippen LogP contribution in [0.4, 0.5) is 0 Å². The van der Waals surface area contributed by atoms with Crippen molar-refractivity contribution in [2.24, 2.45) is 0 Å². The SMILES string of the molecule is CCO[PH](=O)ONC. The van der Waals surface area contributed by atoms with Gasteiger partial charge in [0.25, 0.3) is 0 Å². The molecule has 50 valence electrons. The van der Waals surface area contributed by atoms with Crippen molar-refractivity contribution in [3.8, 4) is 0 Å². The van der Waals surface area contributed by atoms with Gasteiger partial charge in [0.1, 0.15) is 0 Å². The maximum absolute atomic E-state index is 10.3. The van der Waals surface area contributed by atoms with Gasteiger partial charge >= 0.3 is 8.25 Å². The second-order valence-corrected chi connectivity index (χ2v) is 1.98. The van der Waals surface area contributed by atoms with Crippen LogP contribution < -0.4 is 5.48 Å². The number of nitrogens with one attached hydrogen (secondary N) is 1. The van der Waals surface area contributed by atoms with E-state index in [9.17, 15) is 4.57 Å². The number of hydrogen-bond donors (Lipinski definition) is 1. The highest BCUT2D eigenvalue weighted by Gasteiger charge is 1.91. The third-order valence-electron chi connectivity index (χ3n) is 0.448. The van der Waals surface area contributed by atoms with Gasteiger partial charge in [-0.25, -0.2) is 4.62 Å². The quantitative estimate of drug-likeness (QED) is 0.456. The molecule has 0 spiro atoms. The summed E-state index contributed by atoms with van der Waals surface area (Å²) < 4.78 is 19.2. The van der Waals surface area contributed by atoms with E-state index in [1.807, 2.05) is 0 Å². The maximum Gasteiger partial charge on any atom is 0.335 e. The Labute approximate surface area is 49.1 Å². The average molecular weight is 139 g/mol. The Balaban J connectivity index is 3.06. The molecule has 1 unspecified atom stereocenters. The van der Waals surface area contributed by atoms with Gasteiger partial charge in [-0.1, -0.05) is 0 Å². The van der Waals surface area contributed by atoms with Gasteiger partial charge in [0.2, 0.25) is 0 Å². The second kappa shape index (κ2) is 5.25. The third-order valence-corrected chi connectivity index (χ3v) is 1.34. The Bertz CT molecular complexity index is 68.9. The van der Waals surface area contributed by atoms with E-state index in [0.29, 0.717) is 6.61 Å². The van der Waals surface area contributed by atoms with Gasteiger partial charge in [0.05, 0.1) is 6.61 Å². The van der Waals surface area contributed by atoms with Crippen molar-refractivity contribution >= 4 is 8.25 Å². The summed E-state index contributed by atoms with van der Waals surface area (Å²) in [4.78, 5) is 0. The van der Waals surface area contributed by atoms with E-state index >= 15 is 0 Å².